The van der Waals surface area contributed by atoms with Gasteiger partial charge in [0.05, 0.1) is 5.39 Å². The van der Waals surface area contributed by atoms with Crippen LogP contribution in [0.15, 0.2) is 6.07 Å². The Bertz CT molecular complexity index is 514. The molecule has 2 aromatic heterocycles. The van der Waals surface area contributed by atoms with Gasteiger partial charge in [0.1, 0.15) is 16.5 Å². The molecule has 1 saturated carbocycles. The third kappa shape index (κ3) is 1.69. The van der Waals surface area contributed by atoms with E-state index in [9.17, 15) is 0 Å². The highest BCUT2D eigenvalue weighted by Crippen LogP contribution is 2.31. The minimum atomic E-state index is 0.641. The summed E-state index contributed by atoms with van der Waals surface area (Å²) in [5.41, 5.74) is 0. The Morgan fingerprint density at radius 1 is 1.33 bits per heavy atom. The van der Waals surface area contributed by atoms with Gasteiger partial charge in [-0.15, -0.1) is 11.3 Å². The van der Waals surface area contributed by atoms with Crippen LogP contribution in [-0.4, -0.2) is 16.0 Å². The van der Waals surface area contributed by atoms with Gasteiger partial charge < -0.3 is 5.32 Å². The fraction of sp³-hybridized carbons (Fsp3) is 0.455. The van der Waals surface area contributed by atoms with Crippen LogP contribution >= 0.6 is 11.3 Å². The first-order valence-corrected chi connectivity index (χ1v) is 6.05. The summed E-state index contributed by atoms with van der Waals surface area (Å²) >= 11 is 1.74. The fourth-order valence-electron chi connectivity index (χ4n) is 1.68. The number of hydrogen-bond donors (Lipinski definition) is 1. The molecule has 1 fully saturated rings. The second kappa shape index (κ2) is 3.17. The number of anilines is 1. The van der Waals surface area contributed by atoms with Crippen LogP contribution in [0, 0.1) is 13.8 Å². The topological polar surface area (TPSA) is 37.8 Å². The van der Waals surface area contributed by atoms with Gasteiger partial charge in [-0.2, -0.15) is 0 Å². The normalized spacial score (nSPS) is 15.9. The Labute approximate surface area is 92.6 Å². The lowest BCUT2D eigenvalue weighted by Gasteiger charge is -2.05. The molecule has 3 rings (SSSR count). The highest BCUT2D eigenvalue weighted by atomic mass is 32.1. The Morgan fingerprint density at radius 2 is 2.13 bits per heavy atom. The molecule has 0 atom stereocenters. The molecule has 0 aromatic carbocycles. The number of fused-ring (bicyclic) bond motifs is 1. The number of thiophene rings is 1. The van der Waals surface area contributed by atoms with Gasteiger partial charge >= 0.3 is 0 Å². The molecule has 0 radical (unpaired) electrons. The zero-order valence-corrected chi connectivity index (χ0v) is 9.69. The first-order chi connectivity index (χ1) is 7.22. The van der Waals surface area contributed by atoms with Crippen molar-refractivity contribution in [2.75, 3.05) is 5.32 Å². The molecule has 0 amide bonds. The summed E-state index contributed by atoms with van der Waals surface area (Å²) in [6.45, 7) is 4.06. The van der Waals surface area contributed by atoms with E-state index >= 15 is 0 Å². The molecule has 0 unspecified atom stereocenters. The largest absolute Gasteiger partial charge is 0.367 e. The van der Waals surface area contributed by atoms with Crippen LogP contribution in [0.5, 0.6) is 0 Å². The monoisotopic (exact) mass is 219 g/mol. The highest BCUT2D eigenvalue weighted by Gasteiger charge is 2.22. The Morgan fingerprint density at radius 3 is 2.87 bits per heavy atom. The molecule has 78 valence electrons. The molecular formula is C11H13N3S. The van der Waals surface area contributed by atoms with Gasteiger partial charge in [-0.05, 0) is 32.8 Å². The maximum atomic E-state index is 4.48. The van der Waals surface area contributed by atoms with Crippen LogP contribution in [-0.2, 0) is 0 Å². The van der Waals surface area contributed by atoms with Crippen molar-refractivity contribution in [2.24, 2.45) is 0 Å². The first kappa shape index (κ1) is 9.09. The maximum Gasteiger partial charge on any atom is 0.138 e. The van der Waals surface area contributed by atoms with E-state index in [0.29, 0.717) is 6.04 Å². The summed E-state index contributed by atoms with van der Waals surface area (Å²) in [6, 6.07) is 2.81. The average Bonchev–Trinajstić information content (AvgIpc) is 2.87. The number of aromatic nitrogens is 2. The molecule has 4 heteroatoms. The summed E-state index contributed by atoms with van der Waals surface area (Å²) < 4.78 is 0. The van der Waals surface area contributed by atoms with Crippen molar-refractivity contribution in [3.63, 3.8) is 0 Å². The van der Waals surface area contributed by atoms with Crippen LogP contribution in [0.2, 0.25) is 0 Å². The van der Waals surface area contributed by atoms with Crippen molar-refractivity contribution in [2.45, 2.75) is 32.7 Å². The Hall–Kier alpha value is -1.16. The van der Waals surface area contributed by atoms with Crippen LogP contribution in [0.1, 0.15) is 23.5 Å². The Kier molecular flexibility index (Phi) is 1.92. The zero-order valence-electron chi connectivity index (χ0n) is 8.87. The van der Waals surface area contributed by atoms with Crippen molar-refractivity contribution < 1.29 is 0 Å². The SMILES string of the molecule is Cc1nc(NC2CC2)c2cc(C)sc2n1. The molecule has 2 heterocycles. The lowest BCUT2D eigenvalue weighted by molar-refractivity contribution is 1.06. The van der Waals surface area contributed by atoms with E-state index in [1.165, 1.54) is 23.1 Å². The minimum absolute atomic E-state index is 0.641. The van der Waals surface area contributed by atoms with Gasteiger partial charge in [0.2, 0.25) is 0 Å². The number of nitrogens with zero attached hydrogens (tertiary/aromatic N) is 2. The number of aryl methyl sites for hydroxylation is 2. The van der Waals surface area contributed by atoms with Crippen molar-refractivity contribution in [3.8, 4) is 0 Å². The lowest BCUT2D eigenvalue weighted by Crippen LogP contribution is -2.04. The third-order valence-electron chi connectivity index (χ3n) is 2.55. The number of nitrogens with one attached hydrogen (secondary N) is 1. The van der Waals surface area contributed by atoms with E-state index in [1.807, 2.05) is 6.92 Å². The van der Waals surface area contributed by atoms with E-state index < -0.39 is 0 Å². The molecule has 0 saturated heterocycles. The van der Waals surface area contributed by atoms with Gasteiger partial charge in [0.15, 0.2) is 0 Å². The van der Waals surface area contributed by atoms with Crippen molar-refractivity contribution in [3.05, 3.63) is 16.8 Å². The van der Waals surface area contributed by atoms with Gasteiger partial charge in [0.25, 0.3) is 0 Å². The standard InChI is InChI=1S/C11H13N3S/c1-6-5-9-10(14-8-3-4-8)12-7(2)13-11(9)15-6/h5,8H,3-4H2,1-2H3,(H,12,13,14). The van der Waals surface area contributed by atoms with Crippen molar-refractivity contribution in [1.82, 2.24) is 9.97 Å². The zero-order chi connectivity index (χ0) is 10.4. The molecule has 15 heavy (non-hydrogen) atoms. The molecule has 1 aliphatic carbocycles. The van der Waals surface area contributed by atoms with Crippen molar-refractivity contribution in [1.29, 1.82) is 0 Å². The van der Waals surface area contributed by atoms with E-state index in [1.54, 1.807) is 11.3 Å². The Balaban J connectivity index is 2.15. The third-order valence-corrected chi connectivity index (χ3v) is 3.49. The summed E-state index contributed by atoms with van der Waals surface area (Å²) in [6.07, 6.45) is 2.54. The van der Waals surface area contributed by atoms with Crippen LogP contribution in [0.4, 0.5) is 5.82 Å². The fourth-order valence-corrected chi connectivity index (χ4v) is 2.60. The molecule has 1 aliphatic rings. The highest BCUT2D eigenvalue weighted by molar-refractivity contribution is 7.18. The van der Waals surface area contributed by atoms with E-state index in [-0.39, 0.29) is 0 Å². The van der Waals surface area contributed by atoms with Crippen molar-refractivity contribution >= 4 is 27.4 Å². The van der Waals surface area contributed by atoms with E-state index in [2.05, 4.69) is 28.3 Å². The molecular weight excluding hydrogens is 206 g/mol. The summed E-state index contributed by atoms with van der Waals surface area (Å²) in [5, 5.41) is 4.64. The maximum absolute atomic E-state index is 4.48. The quantitative estimate of drug-likeness (QED) is 0.844. The number of rotatable bonds is 2. The second-order valence-electron chi connectivity index (χ2n) is 4.11. The minimum Gasteiger partial charge on any atom is -0.367 e. The van der Waals surface area contributed by atoms with E-state index in [4.69, 9.17) is 0 Å². The second-order valence-corrected chi connectivity index (χ2v) is 5.35. The van der Waals surface area contributed by atoms with Gasteiger partial charge in [-0.1, -0.05) is 0 Å². The summed E-state index contributed by atoms with van der Waals surface area (Å²) in [5.74, 6) is 1.87. The number of hydrogen-bond acceptors (Lipinski definition) is 4. The van der Waals surface area contributed by atoms with E-state index in [0.717, 1.165) is 16.5 Å². The summed E-state index contributed by atoms with van der Waals surface area (Å²) in [7, 11) is 0. The molecule has 3 nitrogen and oxygen atoms in total. The molecule has 2 aromatic rings. The molecule has 0 bridgehead atoms. The predicted octanol–water partition coefficient (Wildman–Crippen LogP) is 2.88. The average molecular weight is 219 g/mol. The molecule has 0 spiro atoms. The van der Waals surface area contributed by atoms with Crippen LogP contribution < -0.4 is 5.32 Å². The lowest BCUT2D eigenvalue weighted by atomic mass is 10.3. The predicted molar refractivity (Wildman–Crippen MR) is 63.5 cm³/mol. The molecule has 0 aliphatic heterocycles. The molecule has 1 N–H and O–H groups in total. The smallest absolute Gasteiger partial charge is 0.138 e. The van der Waals surface area contributed by atoms with Gasteiger partial charge in [-0.25, -0.2) is 9.97 Å². The van der Waals surface area contributed by atoms with Gasteiger partial charge in [0, 0.05) is 10.9 Å². The van der Waals surface area contributed by atoms with Gasteiger partial charge in [-0.3, -0.25) is 0 Å². The van der Waals surface area contributed by atoms with Crippen LogP contribution in [0.3, 0.4) is 0 Å². The summed E-state index contributed by atoms with van der Waals surface area (Å²) in [4.78, 5) is 11.3. The van der Waals surface area contributed by atoms with Crippen LogP contribution in [0.25, 0.3) is 10.2 Å². The first-order valence-electron chi connectivity index (χ1n) is 5.24.